The number of hydrogen-bond donors (Lipinski definition) is 0. The van der Waals surface area contributed by atoms with Gasteiger partial charge in [0.05, 0.1) is 0 Å². The van der Waals surface area contributed by atoms with Gasteiger partial charge in [-0.15, -0.1) is 6.58 Å². The van der Waals surface area contributed by atoms with E-state index in [-0.39, 0.29) is 0 Å². The maximum Gasteiger partial charge on any atom is 0.302 e. The zero-order valence-electron chi connectivity index (χ0n) is 13.1. The number of sulfone groups is 1. The molecule has 1 rings (SSSR count). The maximum atomic E-state index is 12.3. The van der Waals surface area contributed by atoms with Gasteiger partial charge in [0, 0.05) is 4.92 Å². The molecular weight excluding hydrogens is 290 g/mol. The first-order chi connectivity index (χ1) is 9.54. The Morgan fingerprint density at radius 3 is 1.76 bits per heavy atom. The number of nitro groups is 1. The zero-order valence-corrected chi connectivity index (χ0v) is 13.9. The molecule has 0 aromatic heterocycles. The summed E-state index contributed by atoms with van der Waals surface area (Å²) in [7, 11) is -3.93. The molecule has 1 atom stereocenters. The Kier molecular flexibility index (Phi) is 4.94. The average molecular weight is 311 g/mol. The minimum atomic E-state index is -3.93. The normalized spacial score (nSPS) is 13.0. The molecule has 0 heterocycles. The predicted molar refractivity (Wildman–Crippen MR) is 83.8 cm³/mol. The summed E-state index contributed by atoms with van der Waals surface area (Å²) in [5, 5.41) is 9.56. The van der Waals surface area contributed by atoms with Crippen LogP contribution in [0.4, 0.5) is 0 Å². The molecule has 0 fully saturated rings. The van der Waals surface area contributed by atoms with Gasteiger partial charge in [0.15, 0.2) is 0 Å². The molecule has 116 valence electrons. The van der Waals surface area contributed by atoms with Crippen LogP contribution < -0.4 is 0 Å². The first-order valence-electron chi connectivity index (χ1n) is 6.57. The highest BCUT2D eigenvalue weighted by Crippen LogP contribution is 2.35. The molecule has 0 saturated carbocycles. The van der Waals surface area contributed by atoms with Crippen LogP contribution in [-0.4, -0.2) is 19.2 Å². The van der Waals surface area contributed by atoms with E-state index in [1.54, 1.807) is 0 Å². The Bertz CT molecular complexity index is 676. The fraction of sp³-hybridized carbons (Fsp3) is 0.467. The highest BCUT2D eigenvalue weighted by atomic mass is 32.2. The lowest BCUT2D eigenvalue weighted by Crippen LogP contribution is -2.22. The molecule has 0 aliphatic heterocycles. The quantitative estimate of drug-likeness (QED) is 0.475. The Morgan fingerprint density at radius 1 is 1.05 bits per heavy atom. The highest BCUT2D eigenvalue weighted by molar-refractivity contribution is 7.91. The average Bonchev–Trinajstić information content (AvgIpc) is 2.37. The lowest BCUT2D eigenvalue weighted by atomic mass is 9.88. The Balaban J connectivity index is 3.65. The van der Waals surface area contributed by atoms with E-state index >= 15 is 0 Å². The van der Waals surface area contributed by atoms with Crippen LogP contribution in [0.25, 0.3) is 0 Å². The molecule has 1 unspecified atom stereocenters. The van der Waals surface area contributed by atoms with E-state index in [1.807, 2.05) is 34.6 Å². The van der Waals surface area contributed by atoms with E-state index in [4.69, 9.17) is 0 Å². The number of rotatable bonds is 5. The topological polar surface area (TPSA) is 77.3 Å². The van der Waals surface area contributed by atoms with Gasteiger partial charge in [0.1, 0.15) is 5.25 Å². The Hall–Kier alpha value is -1.69. The Morgan fingerprint density at radius 2 is 1.43 bits per heavy atom. The van der Waals surface area contributed by atoms with Crippen molar-refractivity contribution in [2.75, 3.05) is 5.88 Å². The van der Waals surface area contributed by atoms with Crippen molar-refractivity contribution in [3.63, 3.8) is 0 Å². The third kappa shape index (κ3) is 3.15. The summed E-state index contributed by atoms with van der Waals surface area (Å²) < 4.78 is 24.5. The monoisotopic (exact) mass is 311 g/mol. The molecule has 0 radical (unpaired) electrons. The summed E-state index contributed by atoms with van der Waals surface area (Å²) in [6.45, 7) is 13.1. The van der Waals surface area contributed by atoms with Gasteiger partial charge in [0.2, 0.25) is 9.84 Å². The summed E-state index contributed by atoms with van der Waals surface area (Å²) in [5.74, 6) is -1.09. The third-order valence-electron chi connectivity index (χ3n) is 4.23. The van der Waals surface area contributed by atoms with Crippen molar-refractivity contribution >= 4 is 9.84 Å². The molecule has 1 aromatic rings. The first-order valence-corrected chi connectivity index (χ1v) is 8.28. The molecule has 5 nitrogen and oxygen atoms in total. The predicted octanol–water partition coefficient (Wildman–Crippen LogP) is 3.10. The summed E-state index contributed by atoms with van der Waals surface area (Å²) in [5.41, 5.74) is 5.46. The van der Waals surface area contributed by atoms with Crippen LogP contribution in [0.15, 0.2) is 12.7 Å². The van der Waals surface area contributed by atoms with Crippen LogP contribution in [0.5, 0.6) is 0 Å². The van der Waals surface area contributed by atoms with Crippen molar-refractivity contribution in [3.05, 3.63) is 56.1 Å². The molecule has 1 aromatic carbocycles. The summed E-state index contributed by atoms with van der Waals surface area (Å²) in [4.78, 5) is 9.80. The minimum Gasteiger partial charge on any atom is -0.263 e. The van der Waals surface area contributed by atoms with E-state index in [0.29, 0.717) is 5.56 Å². The largest absolute Gasteiger partial charge is 0.302 e. The van der Waals surface area contributed by atoms with Gasteiger partial charge in [-0.1, -0.05) is 6.08 Å². The lowest BCUT2D eigenvalue weighted by molar-refractivity contribution is -0.458. The summed E-state index contributed by atoms with van der Waals surface area (Å²) in [6.07, 6.45) is 1.28. The standard InChI is InChI=1S/C15H21NO4S/c1-7-14(21(19,20)8-16(17)18)15-12(5)10(3)9(2)11(4)13(15)6/h7,14H,1,8H2,2-6H3. The fourth-order valence-corrected chi connectivity index (χ4v) is 4.09. The third-order valence-corrected chi connectivity index (χ3v) is 6.00. The van der Waals surface area contributed by atoms with Crippen LogP contribution >= 0.6 is 0 Å². The molecular formula is C15H21NO4S. The van der Waals surface area contributed by atoms with Gasteiger partial charge in [-0.2, -0.15) is 0 Å². The molecule has 0 amide bonds. The molecule has 0 N–H and O–H groups in total. The van der Waals surface area contributed by atoms with Gasteiger partial charge < -0.3 is 0 Å². The zero-order chi connectivity index (χ0) is 16.5. The van der Waals surface area contributed by atoms with Gasteiger partial charge in [-0.25, -0.2) is 8.42 Å². The van der Waals surface area contributed by atoms with Crippen molar-refractivity contribution in [3.8, 4) is 0 Å². The van der Waals surface area contributed by atoms with Crippen LogP contribution in [0.3, 0.4) is 0 Å². The Labute approximate surface area is 125 Å². The number of hydrogen-bond acceptors (Lipinski definition) is 4. The van der Waals surface area contributed by atoms with E-state index in [2.05, 4.69) is 6.58 Å². The second-order valence-corrected chi connectivity index (χ2v) is 7.41. The van der Waals surface area contributed by atoms with Gasteiger partial charge in [-0.3, -0.25) is 10.1 Å². The lowest BCUT2D eigenvalue weighted by Gasteiger charge is -2.22. The van der Waals surface area contributed by atoms with Crippen LogP contribution in [-0.2, 0) is 9.84 Å². The highest BCUT2D eigenvalue weighted by Gasteiger charge is 2.32. The van der Waals surface area contributed by atoms with Crippen LogP contribution in [0.2, 0.25) is 0 Å². The fourth-order valence-electron chi connectivity index (χ4n) is 2.63. The van der Waals surface area contributed by atoms with Crippen molar-refractivity contribution in [2.45, 2.75) is 39.9 Å². The van der Waals surface area contributed by atoms with E-state index in [0.717, 1.165) is 27.8 Å². The van der Waals surface area contributed by atoms with Crippen molar-refractivity contribution in [2.24, 2.45) is 0 Å². The number of benzene rings is 1. The van der Waals surface area contributed by atoms with Crippen molar-refractivity contribution < 1.29 is 13.3 Å². The van der Waals surface area contributed by atoms with E-state index < -0.39 is 25.9 Å². The van der Waals surface area contributed by atoms with E-state index in [1.165, 1.54) is 6.08 Å². The van der Waals surface area contributed by atoms with Crippen molar-refractivity contribution in [1.29, 1.82) is 0 Å². The molecule has 0 bridgehead atoms. The minimum absolute atomic E-state index is 0.618. The number of nitrogens with zero attached hydrogens (tertiary/aromatic N) is 1. The SMILES string of the molecule is C=CC(c1c(C)c(C)c(C)c(C)c1C)S(=O)(=O)C[N+](=O)[O-]. The van der Waals surface area contributed by atoms with Crippen molar-refractivity contribution in [1.82, 2.24) is 0 Å². The molecule has 21 heavy (non-hydrogen) atoms. The van der Waals surface area contributed by atoms with Gasteiger partial charge in [0.25, 0.3) is 0 Å². The van der Waals surface area contributed by atoms with Crippen LogP contribution in [0, 0.1) is 44.7 Å². The molecule has 0 saturated heterocycles. The summed E-state index contributed by atoms with van der Waals surface area (Å²) in [6, 6.07) is 0. The second-order valence-electron chi connectivity index (χ2n) is 5.32. The van der Waals surface area contributed by atoms with Gasteiger partial charge >= 0.3 is 5.88 Å². The summed E-state index contributed by atoms with van der Waals surface area (Å²) >= 11 is 0. The smallest absolute Gasteiger partial charge is 0.263 e. The van der Waals surface area contributed by atoms with Gasteiger partial charge in [-0.05, 0) is 68.0 Å². The molecule has 0 aliphatic rings. The first kappa shape index (κ1) is 17.4. The molecule has 0 aliphatic carbocycles. The maximum absolute atomic E-state index is 12.3. The second kappa shape index (κ2) is 5.97. The van der Waals surface area contributed by atoms with E-state index in [9.17, 15) is 18.5 Å². The molecule has 0 spiro atoms. The van der Waals surface area contributed by atoms with Crippen LogP contribution in [0.1, 0.15) is 38.6 Å². The molecule has 6 heteroatoms.